The topological polar surface area (TPSA) is 40.5 Å². The number of aromatic carboxylic acids is 1. The summed E-state index contributed by atoms with van der Waals surface area (Å²) in [6, 6.07) is 6.26. The maximum Gasteiger partial charge on any atom is 0.335 e. The lowest BCUT2D eigenvalue weighted by Gasteiger charge is -2.33. The van der Waals surface area contributed by atoms with Crippen molar-refractivity contribution in [1.82, 2.24) is 0 Å². The summed E-state index contributed by atoms with van der Waals surface area (Å²) in [5.41, 5.74) is 2.90. The summed E-state index contributed by atoms with van der Waals surface area (Å²) in [6.45, 7) is 1.06. The molecule has 1 heterocycles. The van der Waals surface area contributed by atoms with Crippen molar-refractivity contribution in [2.45, 2.75) is 44.6 Å². The van der Waals surface area contributed by atoms with Crippen LogP contribution in [0, 0.1) is 0 Å². The van der Waals surface area contributed by atoms with E-state index in [0.717, 1.165) is 13.0 Å². The molecule has 0 saturated heterocycles. The predicted octanol–water partition coefficient (Wildman–Crippen LogP) is 3.08. The first-order valence-electron chi connectivity index (χ1n) is 6.88. The third-order valence-corrected chi connectivity index (χ3v) is 4.27. The molecule has 1 aliphatic carbocycles. The molecule has 0 aromatic heterocycles. The molecule has 1 N–H and O–H groups in total. The van der Waals surface area contributed by atoms with Gasteiger partial charge in [-0.2, -0.15) is 0 Å². The lowest BCUT2D eigenvalue weighted by molar-refractivity contribution is 0.0697. The Morgan fingerprint density at radius 1 is 1.22 bits per heavy atom. The molecule has 96 valence electrons. The minimum absolute atomic E-state index is 0.416. The van der Waals surface area contributed by atoms with Crippen molar-refractivity contribution >= 4 is 11.7 Å². The van der Waals surface area contributed by atoms with E-state index in [1.54, 1.807) is 6.07 Å². The highest BCUT2D eigenvalue weighted by atomic mass is 16.4. The molecule has 3 rings (SSSR count). The van der Waals surface area contributed by atoms with Crippen LogP contribution in [0.25, 0.3) is 0 Å². The Morgan fingerprint density at radius 2 is 2.00 bits per heavy atom. The van der Waals surface area contributed by atoms with Crippen molar-refractivity contribution in [3.05, 3.63) is 29.3 Å². The second kappa shape index (κ2) is 4.63. The molecule has 2 aliphatic rings. The normalized spacial score (nSPS) is 19.9. The van der Waals surface area contributed by atoms with Crippen LogP contribution in [-0.2, 0) is 6.42 Å². The van der Waals surface area contributed by atoms with E-state index in [2.05, 4.69) is 4.90 Å². The van der Waals surface area contributed by atoms with Gasteiger partial charge >= 0.3 is 5.97 Å². The average molecular weight is 245 g/mol. The van der Waals surface area contributed by atoms with E-state index in [0.29, 0.717) is 11.6 Å². The molecule has 0 atom stereocenters. The number of benzene rings is 1. The number of hydrogen-bond donors (Lipinski definition) is 1. The number of carboxylic acids is 1. The van der Waals surface area contributed by atoms with Crippen molar-refractivity contribution in [2.75, 3.05) is 11.4 Å². The van der Waals surface area contributed by atoms with Gasteiger partial charge in [-0.15, -0.1) is 0 Å². The molecule has 1 aromatic carbocycles. The first kappa shape index (κ1) is 11.6. The van der Waals surface area contributed by atoms with Gasteiger partial charge in [0.05, 0.1) is 5.56 Å². The monoisotopic (exact) mass is 245 g/mol. The van der Waals surface area contributed by atoms with E-state index in [4.69, 9.17) is 5.11 Å². The van der Waals surface area contributed by atoms with Gasteiger partial charge in [-0.25, -0.2) is 4.79 Å². The zero-order chi connectivity index (χ0) is 12.5. The molecule has 1 aromatic rings. The summed E-state index contributed by atoms with van der Waals surface area (Å²) < 4.78 is 0. The minimum atomic E-state index is -0.825. The smallest absolute Gasteiger partial charge is 0.335 e. The molecule has 0 amide bonds. The molecule has 3 heteroatoms. The Hall–Kier alpha value is -1.51. The molecule has 1 saturated carbocycles. The molecular formula is C15H19NO2. The van der Waals surface area contributed by atoms with Gasteiger partial charge < -0.3 is 10.0 Å². The van der Waals surface area contributed by atoms with E-state index in [1.807, 2.05) is 12.1 Å². The van der Waals surface area contributed by atoms with E-state index in [-0.39, 0.29) is 0 Å². The summed E-state index contributed by atoms with van der Waals surface area (Å²) in [6.07, 6.45) is 7.62. The number of carboxylic acid groups (broad SMARTS) is 1. The van der Waals surface area contributed by atoms with Gasteiger partial charge in [0, 0.05) is 18.3 Å². The van der Waals surface area contributed by atoms with E-state index >= 15 is 0 Å². The van der Waals surface area contributed by atoms with Crippen LogP contribution < -0.4 is 4.90 Å². The van der Waals surface area contributed by atoms with Crippen molar-refractivity contribution < 1.29 is 9.90 Å². The van der Waals surface area contributed by atoms with Gasteiger partial charge in [-0.05, 0) is 43.0 Å². The number of anilines is 1. The molecule has 0 unspecified atom stereocenters. The SMILES string of the molecule is O=C(O)c1ccc2c(c1)CCN2C1CCCCC1. The van der Waals surface area contributed by atoms with Gasteiger partial charge in [0.2, 0.25) is 0 Å². The largest absolute Gasteiger partial charge is 0.478 e. The Kier molecular flexibility index (Phi) is 2.98. The highest BCUT2D eigenvalue weighted by Crippen LogP contribution is 2.34. The standard InChI is InChI=1S/C15H19NO2/c17-15(18)12-6-7-14-11(10-12)8-9-16(14)13-4-2-1-3-5-13/h6-7,10,13H,1-5,8-9H2,(H,17,18). The third kappa shape index (κ3) is 1.98. The second-order valence-electron chi connectivity index (χ2n) is 5.38. The molecule has 18 heavy (non-hydrogen) atoms. The van der Waals surface area contributed by atoms with Gasteiger partial charge in [0.15, 0.2) is 0 Å². The van der Waals surface area contributed by atoms with Crippen LogP contribution in [0.3, 0.4) is 0 Å². The van der Waals surface area contributed by atoms with Gasteiger partial charge in [0.25, 0.3) is 0 Å². The first-order chi connectivity index (χ1) is 8.75. The van der Waals surface area contributed by atoms with Crippen molar-refractivity contribution in [3.8, 4) is 0 Å². The van der Waals surface area contributed by atoms with Crippen LogP contribution in [-0.4, -0.2) is 23.7 Å². The maximum atomic E-state index is 11.0. The average Bonchev–Trinajstić information content (AvgIpc) is 2.82. The van der Waals surface area contributed by atoms with Crippen LogP contribution in [0.15, 0.2) is 18.2 Å². The second-order valence-corrected chi connectivity index (χ2v) is 5.38. The van der Waals surface area contributed by atoms with Crippen LogP contribution in [0.5, 0.6) is 0 Å². The first-order valence-corrected chi connectivity index (χ1v) is 6.88. The third-order valence-electron chi connectivity index (χ3n) is 4.27. The number of fused-ring (bicyclic) bond motifs is 1. The van der Waals surface area contributed by atoms with E-state index < -0.39 is 5.97 Å². The highest BCUT2D eigenvalue weighted by molar-refractivity contribution is 5.88. The zero-order valence-electron chi connectivity index (χ0n) is 10.6. The summed E-state index contributed by atoms with van der Waals surface area (Å²) in [4.78, 5) is 13.5. The maximum absolute atomic E-state index is 11.0. The van der Waals surface area contributed by atoms with Crippen molar-refractivity contribution in [2.24, 2.45) is 0 Å². The molecule has 0 bridgehead atoms. The van der Waals surface area contributed by atoms with Crippen LogP contribution in [0.1, 0.15) is 48.0 Å². The number of carbonyl (C=O) groups is 1. The molecule has 1 aliphatic heterocycles. The Balaban J connectivity index is 1.85. The Labute approximate surface area is 107 Å². The summed E-state index contributed by atoms with van der Waals surface area (Å²) in [7, 11) is 0. The van der Waals surface area contributed by atoms with Crippen LogP contribution >= 0.6 is 0 Å². The zero-order valence-corrected chi connectivity index (χ0v) is 10.6. The molecular weight excluding hydrogens is 226 g/mol. The van der Waals surface area contributed by atoms with Crippen LogP contribution in [0.2, 0.25) is 0 Å². The number of nitrogens with zero attached hydrogens (tertiary/aromatic N) is 1. The lowest BCUT2D eigenvalue weighted by atomic mass is 9.94. The fourth-order valence-electron chi connectivity index (χ4n) is 3.33. The molecule has 0 spiro atoms. The van der Waals surface area contributed by atoms with Crippen molar-refractivity contribution in [1.29, 1.82) is 0 Å². The minimum Gasteiger partial charge on any atom is -0.478 e. The lowest BCUT2D eigenvalue weighted by Crippen LogP contribution is -2.35. The summed E-state index contributed by atoms with van der Waals surface area (Å²) >= 11 is 0. The highest BCUT2D eigenvalue weighted by Gasteiger charge is 2.27. The molecule has 0 radical (unpaired) electrons. The number of rotatable bonds is 2. The van der Waals surface area contributed by atoms with Gasteiger partial charge in [-0.1, -0.05) is 19.3 Å². The quantitative estimate of drug-likeness (QED) is 0.870. The van der Waals surface area contributed by atoms with Crippen molar-refractivity contribution in [3.63, 3.8) is 0 Å². The predicted molar refractivity (Wildman–Crippen MR) is 71.3 cm³/mol. The Morgan fingerprint density at radius 3 is 2.72 bits per heavy atom. The van der Waals surface area contributed by atoms with Gasteiger partial charge in [-0.3, -0.25) is 0 Å². The number of hydrogen-bond acceptors (Lipinski definition) is 2. The van der Waals surface area contributed by atoms with Crippen LogP contribution in [0.4, 0.5) is 5.69 Å². The molecule has 1 fully saturated rings. The fourth-order valence-corrected chi connectivity index (χ4v) is 3.33. The summed E-state index contributed by atoms with van der Waals surface area (Å²) in [5, 5.41) is 9.02. The fraction of sp³-hybridized carbons (Fsp3) is 0.533. The molecule has 3 nitrogen and oxygen atoms in total. The summed E-state index contributed by atoms with van der Waals surface area (Å²) in [5.74, 6) is -0.825. The van der Waals surface area contributed by atoms with Gasteiger partial charge in [0.1, 0.15) is 0 Å². The van der Waals surface area contributed by atoms with E-state index in [9.17, 15) is 4.79 Å². The Bertz CT molecular complexity index is 464. The van der Waals surface area contributed by atoms with E-state index in [1.165, 1.54) is 43.4 Å².